The second kappa shape index (κ2) is 55.5. The Balaban J connectivity index is -0.00000000600. The first kappa shape index (κ1) is 71.0. The van der Waals surface area contributed by atoms with Gasteiger partial charge in [-0.2, -0.15) is 0 Å². The number of carboxylic acid groups (broad SMARTS) is 2. The molecule has 10 N–H and O–H groups in total. The Labute approximate surface area is 93.0 Å². The van der Waals surface area contributed by atoms with Crippen molar-refractivity contribution in [2.24, 2.45) is 0 Å². The minimum atomic E-state index is -1.08. The van der Waals surface area contributed by atoms with Gasteiger partial charge in [-0.15, -0.1) is 0 Å². The SMILES string of the molecule is CC(=O)[O-].CC(=O)[O-].O.O.O.O.O.[Zn+2]. The molecule has 0 heterocycles. The van der Waals surface area contributed by atoms with Gasteiger partial charge in [-0.3, -0.25) is 0 Å². The van der Waals surface area contributed by atoms with Crippen molar-refractivity contribution in [1.82, 2.24) is 0 Å². The van der Waals surface area contributed by atoms with E-state index in [1.165, 1.54) is 0 Å². The molecule has 0 aliphatic heterocycles. The van der Waals surface area contributed by atoms with E-state index in [1.54, 1.807) is 0 Å². The summed E-state index contributed by atoms with van der Waals surface area (Å²) in [5.41, 5.74) is 0. The van der Waals surface area contributed by atoms with E-state index < -0.39 is 11.9 Å². The van der Waals surface area contributed by atoms with Crippen molar-refractivity contribution in [3.63, 3.8) is 0 Å². The number of rotatable bonds is 0. The fourth-order valence-electron chi connectivity index (χ4n) is 0. The summed E-state index contributed by atoms with van der Waals surface area (Å²) >= 11 is 0. The van der Waals surface area contributed by atoms with Crippen LogP contribution < -0.4 is 10.2 Å². The number of carbonyl (C=O) groups is 2. The Morgan fingerprint density at radius 1 is 0.714 bits per heavy atom. The fraction of sp³-hybridized carbons (Fsp3) is 0.500. The van der Waals surface area contributed by atoms with Crippen LogP contribution in [0.3, 0.4) is 0 Å². The third-order valence-corrected chi connectivity index (χ3v) is 0. The maximum absolute atomic E-state index is 8.89. The second-order valence-corrected chi connectivity index (χ2v) is 0.983. The van der Waals surface area contributed by atoms with Crippen LogP contribution in [0.15, 0.2) is 0 Å². The van der Waals surface area contributed by atoms with E-state index in [1.807, 2.05) is 0 Å². The summed E-state index contributed by atoms with van der Waals surface area (Å²) in [6.45, 7) is 1.94. The Morgan fingerprint density at radius 2 is 0.714 bits per heavy atom. The van der Waals surface area contributed by atoms with E-state index >= 15 is 0 Å². The molecular weight excluding hydrogens is 257 g/mol. The van der Waals surface area contributed by atoms with E-state index in [2.05, 4.69) is 0 Å². The first-order chi connectivity index (χ1) is 3.46. The van der Waals surface area contributed by atoms with Crippen LogP contribution in [0.1, 0.15) is 13.8 Å². The van der Waals surface area contributed by atoms with Gasteiger partial charge >= 0.3 is 19.5 Å². The Hall–Kier alpha value is -0.637. The molecule has 0 saturated carbocycles. The number of carbonyl (C=O) groups excluding carboxylic acids is 2. The summed E-state index contributed by atoms with van der Waals surface area (Å²) in [5, 5.41) is 17.8. The van der Waals surface area contributed by atoms with Crippen LogP contribution in [0.2, 0.25) is 0 Å². The molecule has 0 aromatic carbocycles. The van der Waals surface area contributed by atoms with Gasteiger partial charge in [0.1, 0.15) is 0 Å². The average molecular weight is 274 g/mol. The largest absolute Gasteiger partial charge is 2.00 e. The first-order valence-electron chi connectivity index (χ1n) is 1.82. The van der Waals surface area contributed by atoms with E-state index in [-0.39, 0.29) is 46.9 Å². The summed E-state index contributed by atoms with van der Waals surface area (Å²) in [6, 6.07) is 0. The zero-order chi connectivity index (χ0) is 7.15. The molecule has 0 radical (unpaired) electrons. The van der Waals surface area contributed by atoms with Crippen LogP contribution in [0.4, 0.5) is 0 Å². The standard InChI is InChI=1S/2C2H4O2.5H2O.Zn/c2*1-2(3)4;;;;;;/h2*1H3,(H,3,4);5*1H2;/q;;;;;;;+2/p-2. The third-order valence-electron chi connectivity index (χ3n) is 0. The molecule has 0 aliphatic rings. The average Bonchev–Trinajstić information content (AvgIpc) is 1.25. The second-order valence-electron chi connectivity index (χ2n) is 0.983. The van der Waals surface area contributed by atoms with E-state index in [4.69, 9.17) is 19.8 Å². The molecule has 0 atom stereocenters. The van der Waals surface area contributed by atoms with Crippen LogP contribution in [0.25, 0.3) is 0 Å². The molecule has 0 aromatic heterocycles. The topological polar surface area (TPSA) is 238 Å². The number of hydrogen-bond donors (Lipinski definition) is 0. The van der Waals surface area contributed by atoms with Gasteiger partial charge < -0.3 is 47.2 Å². The molecule has 10 heteroatoms. The van der Waals surface area contributed by atoms with Gasteiger partial charge in [-0.25, -0.2) is 0 Å². The number of hydrogen-bond acceptors (Lipinski definition) is 4. The molecule has 0 amide bonds. The molecule has 0 spiro atoms. The Kier molecular flexibility index (Phi) is 281. The molecule has 0 fully saturated rings. The van der Waals surface area contributed by atoms with Gasteiger partial charge in [-0.1, -0.05) is 0 Å². The van der Waals surface area contributed by atoms with Crippen LogP contribution in [-0.4, -0.2) is 39.3 Å². The molecular formula is C4H16O9Zn. The van der Waals surface area contributed by atoms with Gasteiger partial charge in [-0.05, 0) is 13.8 Å². The van der Waals surface area contributed by atoms with Gasteiger partial charge in [0.2, 0.25) is 0 Å². The van der Waals surface area contributed by atoms with E-state index in [9.17, 15) is 0 Å². The van der Waals surface area contributed by atoms with Gasteiger partial charge in [0.05, 0.1) is 0 Å². The summed E-state index contributed by atoms with van der Waals surface area (Å²) in [7, 11) is 0. The molecule has 0 aliphatic carbocycles. The Bertz CT molecular complexity index is 74.8. The molecule has 9 nitrogen and oxygen atoms in total. The maximum atomic E-state index is 8.89. The van der Waals surface area contributed by atoms with Crippen molar-refractivity contribution < 1.29 is 66.7 Å². The number of aliphatic carboxylic acids is 2. The molecule has 0 unspecified atom stereocenters. The third kappa shape index (κ3) is 3010. The molecule has 0 rings (SSSR count). The van der Waals surface area contributed by atoms with Crippen molar-refractivity contribution in [2.45, 2.75) is 13.8 Å². The predicted octanol–water partition coefficient (Wildman–Crippen LogP) is -6.61. The molecule has 0 saturated heterocycles. The Morgan fingerprint density at radius 3 is 0.714 bits per heavy atom. The minimum absolute atomic E-state index is 0. The summed E-state index contributed by atoms with van der Waals surface area (Å²) in [5.74, 6) is -2.17. The van der Waals surface area contributed by atoms with Crippen LogP contribution in [0, 0.1) is 0 Å². The smallest absolute Gasteiger partial charge is 0.550 e. The zero-order valence-electron chi connectivity index (χ0n) is 7.84. The summed E-state index contributed by atoms with van der Waals surface area (Å²) in [4.78, 5) is 17.8. The van der Waals surface area contributed by atoms with Gasteiger partial charge in [0.15, 0.2) is 0 Å². The van der Waals surface area contributed by atoms with Gasteiger partial charge in [0.25, 0.3) is 0 Å². The van der Waals surface area contributed by atoms with Crippen LogP contribution >= 0.6 is 0 Å². The fourth-order valence-corrected chi connectivity index (χ4v) is 0. The summed E-state index contributed by atoms with van der Waals surface area (Å²) < 4.78 is 0. The maximum Gasteiger partial charge on any atom is 2.00 e. The van der Waals surface area contributed by atoms with Crippen LogP contribution in [0.5, 0.6) is 0 Å². The molecule has 88 valence electrons. The van der Waals surface area contributed by atoms with Gasteiger partial charge in [0, 0.05) is 11.9 Å². The first-order valence-corrected chi connectivity index (χ1v) is 1.82. The van der Waals surface area contributed by atoms with E-state index in [0.29, 0.717) is 0 Å². The van der Waals surface area contributed by atoms with E-state index in [0.717, 1.165) is 13.8 Å². The van der Waals surface area contributed by atoms with Crippen molar-refractivity contribution >= 4 is 11.9 Å². The van der Waals surface area contributed by atoms with Crippen molar-refractivity contribution in [1.29, 1.82) is 0 Å². The van der Waals surface area contributed by atoms with Crippen molar-refractivity contribution in [2.75, 3.05) is 0 Å². The quantitative estimate of drug-likeness (QED) is 0.390. The van der Waals surface area contributed by atoms with Crippen LogP contribution in [-0.2, 0) is 29.1 Å². The predicted molar refractivity (Wildman–Crippen MR) is 39.4 cm³/mol. The van der Waals surface area contributed by atoms with Crippen molar-refractivity contribution in [3.05, 3.63) is 0 Å². The summed E-state index contributed by atoms with van der Waals surface area (Å²) in [6.07, 6.45) is 0. The molecule has 0 aromatic rings. The minimum Gasteiger partial charge on any atom is -0.550 e. The molecule has 0 bridgehead atoms. The number of carboxylic acids is 2. The normalized spacial score (nSPS) is 3.57. The monoisotopic (exact) mass is 272 g/mol. The zero-order valence-corrected chi connectivity index (χ0v) is 10.8. The molecule has 14 heavy (non-hydrogen) atoms. The van der Waals surface area contributed by atoms with Crippen molar-refractivity contribution in [3.8, 4) is 0 Å².